The summed E-state index contributed by atoms with van der Waals surface area (Å²) in [6.45, 7) is 7.76. The van der Waals surface area contributed by atoms with Gasteiger partial charge in [0.15, 0.2) is 0 Å². The summed E-state index contributed by atoms with van der Waals surface area (Å²) in [5.74, 6) is 0.0605. The van der Waals surface area contributed by atoms with E-state index in [-0.39, 0.29) is 5.91 Å². The first-order valence-corrected chi connectivity index (χ1v) is 10.6. The summed E-state index contributed by atoms with van der Waals surface area (Å²) in [6, 6.07) is 8.17. The van der Waals surface area contributed by atoms with Gasteiger partial charge >= 0.3 is 0 Å². The third kappa shape index (κ3) is 6.40. The fourth-order valence-electron chi connectivity index (χ4n) is 4.10. The third-order valence-corrected chi connectivity index (χ3v) is 5.71. The quantitative estimate of drug-likeness (QED) is 0.756. The molecule has 2 heterocycles. The minimum absolute atomic E-state index is 0.0605. The van der Waals surface area contributed by atoms with Gasteiger partial charge in [-0.25, -0.2) is 0 Å². The maximum Gasteiger partial charge on any atom is 0.251 e. The van der Waals surface area contributed by atoms with Crippen LogP contribution < -0.4 is 5.32 Å². The largest absolute Gasteiger partial charge is 0.352 e. The first kappa shape index (κ1) is 19.4. The highest BCUT2D eigenvalue weighted by atomic mass is 16.1. The molecule has 144 valence electrons. The molecule has 2 fully saturated rings. The molecule has 4 nitrogen and oxygen atoms in total. The van der Waals surface area contributed by atoms with Crippen LogP contribution in [0.2, 0.25) is 0 Å². The Kier molecular flexibility index (Phi) is 7.96. The van der Waals surface area contributed by atoms with E-state index in [1.54, 1.807) is 0 Å². The number of carbonyl (C=O) groups is 1. The second-order valence-electron chi connectivity index (χ2n) is 7.90. The Morgan fingerprint density at radius 3 is 2.04 bits per heavy atom. The average molecular weight is 358 g/mol. The van der Waals surface area contributed by atoms with Gasteiger partial charge in [0.25, 0.3) is 5.91 Å². The Hall–Kier alpha value is -1.39. The summed E-state index contributed by atoms with van der Waals surface area (Å²) in [7, 11) is 0. The summed E-state index contributed by atoms with van der Waals surface area (Å²) in [4.78, 5) is 17.4. The summed E-state index contributed by atoms with van der Waals surface area (Å²) in [5.41, 5.74) is 2.09. The Morgan fingerprint density at radius 2 is 1.38 bits per heavy atom. The Morgan fingerprint density at radius 1 is 0.808 bits per heavy atom. The van der Waals surface area contributed by atoms with Crippen molar-refractivity contribution < 1.29 is 4.79 Å². The molecule has 2 saturated heterocycles. The molecule has 4 heteroatoms. The Balaban J connectivity index is 1.36. The van der Waals surface area contributed by atoms with Crippen LogP contribution in [-0.4, -0.2) is 55.0 Å². The molecule has 0 saturated carbocycles. The first-order chi connectivity index (χ1) is 12.8. The van der Waals surface area contributed by atoms with Gasteiger partial charge in [-0.05, 0) is 82.5 Å². The molecule has 0 radical (unpaired) electrons. The van der Waals surface area contributed by atoms with Gasteiger partial charge in [0.1, 0.15) is 0 Å². The van der Waals surface area contributed by atoms with E-state index >= 15 is 0 Å². The van der Waals surface area contributed by atoms with Crippen LogP contribution in [0.15, 0.2) is 24.3 Å². The molecular weight excluding hydrogens is 322 g/mol. The van der Waals surface area contributed by atoms with Crippen LogP contribution in [0.5, 0.6) is 0 Å². The van der Waals surface area contributed by atoms with Gasteiger partial charge in [-0.3, -0.25) is 9.69 Å². The number of hydrogen-bond acceptors (Lipinski definition) is 3. The van der Waals surface area contributed by atoms with Crippen molar-refractivity contribution in [2.75, 3.05) is 39.3 Å². The van der Waals surface area contributed by atoms with E-state index in [0.717, 1.165) is 31.6 Å². The van der Waals surface area contributed by atoms with Crippen molar-refractivity contribution in [2.45, 2.75) is 57.9 Å². The van der Waals surface area contributed by atoms with Crippen LogP contribution in [-0.2, 0) is 6.54 Å². The molecule has 2 aliphatic rings. The van der Waals surface area contributed by atoms with Crippen LogP contribution in [0.1, 0.15) is 67.3 Å². The number of nitrogens with zero attached hydrogens (tertiary/aromatic N) is 2. The Bertz CT molecular complexity index is 529. The number of likely N-dealkylation sites (tertiary alicyclic amines) is 2. The smallest absolute Gasteiger partial charge is 0.251 e. The molecule has 1 N–H and O–H groups in total. The van der Waals surface area contributed by atoms with Crippen LogP contribution in [0.4, 0.5) is 0 Å². The van der Waals surface area contributed by atoms with E-state index < -0.39 is 0 Å². The van der Waals surface area contributed by atoms with Crippen LogP contribution in [0.25, 0.3) is 0 Å². The van der Waals surface area contributed by atoms with Crippen molar-refractivity contribution in [3.63, 3.8) is 0 Å². The second kappa shape index (κ2) is 10.7. The monoisotopic (exact) mass is 357 g/mol. The maximum absolute atomic E-state index is 12.3. The molecule has 26 heavy (non-hydrogen) atoms. The molecule has 0 bridgehead atoms. The van der Waals surface area contributed by atoms with E-state index in [1.165, 1.54) is 76.7 Å². The Labute approximate surface area is 158 Å². The lowest BCUT2D eigenvalue weighted by Gasteiger charge is -2.26. The van der Waals surface area contributed by atoms with Crippen molar-refractivity contribution in [3.8, 4) is 0 Å². The highest BCUT2D eigenvalue weighted by Gasteiger charge is 2.12. The third-order valence-electron chi connectivity index (χ3n) is 5.71. The first-order valence-electron chi connectivity index (χ1n) is 10.6. The van der Waals surface area contributed by atoms with E-state index in [1.807, 2.05) is 12.1 Å². The zero-order chi connectivity index (χ0) is 18.0. The van der Waals surface area contributed by atoms with E-state index in [4.69, 9.17) is 0 Å². The van der Waals surface area contributed by atoms with Crippen molar-refractivity contribution in [1.82, 2.24) is 15.1 Å². The second-order valence-corrected chi connectivity index (χ2v) is 7.90. The number of nitrogens with one attached hydrogen (secondary N) is 1. The topological polar surface area (TPSA) is 35.6 Å². The van der Waals surface area contributed by atoms with Gasteiger partial charge in [0.2, 0.25) is 0 Å². The fourth-order valence-corrected chi connectivity index (χ4v) is 4.10. The predicted molar refractivity (Wildman–Crippen MR) is 107 cm³/mol. The summed E-state index contributed by atoms with van der Waals surface area (Å²) in [6.07, 6.45) is 10.5. The van der Waals surface area contributed by atoms with Crippen molar-refractivity contribution in [2.24, 2.45) is 0 Å². The molecule has 0 unspecified atom stereocenters. The van der Waals surface area contributed by atoms with Crippen LogP contribution in [0.3, 0.4) is 0 Å². The number of amides is 1. The highest BCUT2D eigenvalue weighted by molar-refractivity contribution is 5.94. The number of hydrogen-bond donors (Lipinski definition) is 1. The standard InChI is InChI=1S/C22H35N3O/c26-22(23-13-8-18-24-14-4-1-2-5-15-24)21-11-9-20(10-12-21)19-25-16-6-3-7-17-25/h9-12H,1-8,13-19H2,(H,23,26). The van der Waals surface area contributed by atoms with Gasteiger partial charge in [0, 0.05) is 18.7 Å². The summed E-state index contributed by atoms with van der Waals surface area (Å²) < 4.78 is 0. The molecule has 1 amide bonds. The summed E-state index contributed by atoms with van der Waals surface area (Å²) >= 11 is 0. The lowest BCUT2D eigenvalue weighted by Crippen LogP contribution is -2.30. The van der Waals surface area contributed by atoms with Crippen molar-refractivity contribution in [1.29, 1.82) is 0 Å². The van der Waals surface area contributed by atoms with Gasteiger partial charge in [-0.1, -0.05) is 31.4 Å². The summed E-state index contributed by atoms with van der Waals surface area (Å²) in [5, 5.41) is 3.08. The highest BCUT2D eigenvalue weighted by Crippen LogP contribution is 2.14. The van der Waals surface area contributed by atoms with E-state index in [0.29, 0.717) is 0 Å². The fraction of sp³-hybridized carbons (Fsp3) is 0.682. The molecule has 0 atom stereocenters. The van der Waals surface area contributed by atoms with Crippen LogP contribution in [0, 0.1) is 0 Å². The molecule has 1 aromatic rings. The lowest BCUT2D eigenvalue weighted by molar-refractivity contribution is 0.0951. The van der Waals surface area contributed by atoms with E-state index in [9.17, 15) is 4.79 Å². The van der Waals surface area contributed by atoms with Gasteiger partial charge < -0.3 is 10.2 Å². The lowest BCUT2D eigenvalue weighted by atomic mass is 10.1. The molecule has 0 aliphatic carbocycles. The molecule has 3 rings (SSSR count). The van der Waals surface area contributed by atoms with Gasteiger partial charge in [0.05, 0.1) is 0 Å². The number of rotatable bonds is 7. The number of piperidine rings is 1. The van der Waals surface area contributed by atoms with Crippen molar-refractivity contribution in [3.05, 3.63) is 35.4 Å². The zero-order valence-electron chi connectivity index (χ0n) is 16.2. The van der Waals surface area contributed by atoms with E-state index in [2.05, 4.69) is 27.2 Å². The minimum atomic E-state index is 0.0605. The number of benzene rings is 1. The molecule has 2 aliphatic heterocycles. The SMILES string of the molecule is O=C(NCCCN1CCCCCC1)c1ccc(CN2CCCCC2)cc1. The van der Waals surface area contributed by atoms with Crippen LogP contribution >= 0.6 is 0 Å². The normalized spacial score (nSPS) is 19.8. The minimum Gasteiger partial charge on any atom is -0.352 e. The van der Waals surface area contributed by atoms with Crippen molar-refractivity contribution >= 4 is 5.91 Å². The van der Waals surface area contributed by atoms with Gasteiger partial charge in [-0.15, -0.1) is 0 Å². The molecule has 0 aromatic heterocycles. The van der Waals surface area contributed by atoms with Gasteiger partial charge in [-0.2, -0.15) is 0 Å². The average Bonchev–Trinajstić information content (AvgIpc) is 2.95. The zero-order valence-corrected chi connectivity index (χ0v) is 16.2. The molecular formula is C22H35N3O. The predicted octanol–water partition coefficient (Wildman–Crippen LogP) is 3.67. The molecule has 0 spiro atoms. The maximum atomic E-state index is 12.3. The number of carbonyl (C=O) groups excluding carboxylic acids is 1. The molecule has 1 aromatic carbocycles.